The van der Waals surface area contributed by atoms with Crippen LogP contribution in [0.2, 0.25) is 0 Å². The number of nitrogens with zero attached hydrogens (tertiary/aromatic N) is 5. The van der Waals surface area contributed by atoms with Crippen LogP contribution in [0.1, 0.15) is 49.4 Å². The zero-order valence-electron chi connectivity index (χ0n) is 17.3. The molecule has 5 rings (SSSR count). The first kappa shape index (κ1) is 18.8. The lowest BCUT2D eigenvalue weighted by Gasteiger charge is -2.51. The lowest BCUT2D eigenvalue weighted by Crippen LogP contribution is -2.61. The maximum absolute atomic E-state index is 12.8. The van der Waals surface area contributed by atoms with E-state index >= 15 is 0 Å². The highest BCUT2D eigenvalue weighted by molar-refractivity contribution is 5.77. The van der Waals surface area contributed by atoms with Crippen LogP contribution >= 0.6 is 0 Å². The minimum Gasteiger partial charge on any atom is -0.341 e. The minimum absolute atomic E-state index is 0.112. The van der Waals surface area contributed by atoms with Crippen LogP contribution in [0.3, 0.4) is 0 Å². The predicted molar refractivity (Wildman–Crippen MR) is 111 cm³/mol. The topological polar surface area (TPSA) is 54.3 Å². The van der Waals surface area contributed by atoms with Gasteiger partial charge in [0.25, 0.3) is 0 Å². The molecule has 3 fully saturated rings. The molecule has 2 aromatic rings. The third-order valence-electron chi connectivity index (χ3n) is 7.33. The summed E-state index contributed by atoms with van der Waals surface area (Å²) in [7, 11) is 2.03. The van der Waals surface area contributed by atoms with Crippen molar-refractivity contribution < 1.29 is 4.79 Å². The van der Waals surface area contributed by atoms with Gasteiger partial charge >= 0.3 is 0 Å². The van der Waals surface area contributed by atoms with E-state index in [2.05, 4.69) is 54.9 Å². The van der Waals surface area contributed by atoms with Gasteiger partial charge in [-0.2, -0.15) is 0 Å². The Bertz CT molecular complexity index is 851. The monoisotopic (exact) mass is 393 g/mol. The summed E-state index contributed by atoms with van der Waals surface area (Å²) in [4.78, 5) is 17.5. The average Bonchev–Trinajstić information content (AvgIpc) is 3.41. The Morgan fingerprint density at radius 2 is 1.90 bits per heavy atom. The van der Waals surface area contributed by atoms with Crippen LogP contribution in [0, 0.1) is 11.3 Å². The summed E-state index contributed by atoms with van der Waals surface area (Å²) >= 11 is 0. The van der Waals surface area contributed by atoms with Crippen LogP contribution in [0.4, 0.5) is 0 Å². The molecular formula is C23H31N5O. The lowest BCUT2D eigenvalue weighted by atomic mass is 9.71. The average molecular weight is 394 g/mol. The van der Waals surface area contributed by atoms with E-state index in [1.54, 1.807) is 6.33 Å². The molecule has 29 heavy (non-hydrogen) atoms. The van der Waals surface area contributed by atoms with Gasteiger partial charge in [-0.15, -0.1) is 10.2 Å². The van der Waals surface area contributed by atoms with Gasteiger partial charge in [-0.1, -0.05) is 43.2 Å². The van der Waals surface area contributed by atoms with Crippen molar-refractivity contribution in [2.75, 3.05) is 26.2 Å². The van der Waals surface area contributed by atoms with E-state index in [-0.39, 0.29) is 5.41 Å². The number of rotatable bonds is 5. The standard InChI is InChI=1S/C23H31N5O/c1-26-17-24-25-22(26)20-13-27(12-19-9-3-2-4-10-19)14-23(20)15-28(16-23)21(29)11-18-7-5-6-8-18/h2-4,9-10,17-18,20H,5-8,11-16H2,1H3. The Hall–Kier alpha value is -2.21. The number of hydrogen-bond acceptors (Lipinski definition) is 4. The van der Waals surface area contributed by atoms with Crippen molar-refractivity contribution in [2.45, 2.75) is 44.6 Å². The number of aryl methyl sites for hydroxylation is 1. The SMILES string of the molecule is Cn1cnnc1C1CN(Cc2ccccc2)CC12CN(C(=O)CC1CCCC1)C2. The van der Waals surface area contributed by atoms with Gasteiger partial charge in [0.2, 0.25) is 5.91 Å². The van der Waals surface area contributed by atoms with Crippen molar-refractivity contribution in [2.24, 2.45) is 18.4 Å². The molecule has 154 valence electrons. The van der Waals surface area contributed by atoms with E-state index in [0.717, 1.165) is 45.0 Å². The van der Waals surface area contributed by atoms with Crippen molar-refractivity contribution in [3.63, 3.8) is 0 Å². The van der Waals surface area contributed by atoms with Crippen molar-refractivity contribution in [1.29, 1.82) is 0 Å². The molecule has 2 aliphatic heterocycles. The van der Waals surface area contributed by atoms with Gasteiger partial charge in [0.15, 0.2) is 0 Å². The van der Waals surface area contributed by atoms with Gasteiger partial charge < -0.3 is 9.47 Å². The smallest absolute Gasteiger partial charge is 0.222 e. The van der Waals surface area contributed by atoms with Crippen molar-refractivity contribution in [3.8, 4) is 0 Å². The number of benzene rings is 1. The second-order valence-corrected chi connectivity index (χ2v) is 9.47. The minimum atomic E-state index is 0.112. The molecule has 1 aromatic carbocycles. The summed E-state index contributed by atoms with van der Waals surface area (Å²) < 4.78 is 2.06. The molecule has 0 radical (unpaired) electrons. The molecule has 1 saturated carbocycles. The molecular weight excluding hydrogens is 362 g/mol. The van der Waals surface area contributed by atoms with Gasteiger partial charge in [0, 0.05) is 57.5 Å². The van der Waals surface area contributed by atoms with Gasteiger partial charge in [0.1, 0.15) is 12.2 Å². The Labute approximate surface area is 172 Å². The van der Waals surface area contributed by atoms with E-state index in [1.165, 1.54) is 31.2 Å². The lowest BCUT2D eigenvalue weighted by molar-refractivity contribution is -0.144. The van der Waals surface area contributed by atoms with Gasteiger partial charge in [-0.05, 0) is 24.3 Å². The maximum Gasteiger partial charge on any atom is 0.222 e. The van der Waals surface area contributed by atoms with E-state index in [1.807, 2.05) is 7.05 Å². The molecule has 6 nitrogen and oxygen atoms in total. The summed E-state index contributed by atoms with van der Waals surface area (Å²) in [6.45, 7) is 4.68. The summed E-state index contributed by atoms with van der Waals surface area (Å²) in [6, 6.07) is 10.7. The number of aromatic nitrogens is 3. The van der Waals surface area contributed by atoms with Crippen LogP contribution < -0.4 is 0 Å². The number of hydrogen-bond donors (Lipinski definition) is 0. The zero-order chi connectivity index (χ0) is 19.8. The molecule has 3 heterocycles. The van der Waals surface area contributed by atoms with Gasteiger partial charge in [0.05, 0.1) is 0 Å². The third-order valence-corrected chi connectivity index (χ3v) is 7.33. The Morgan fingerprint density at radius 1 is 1.14 bits per heavy atom. The van der Waals surface area contributed by atoms with E-state index < -0.39 is 0 Å². The number of amides is 1. The van der Waals surface area contributed by atoms with Gasteiger partial charge in [-0.25, -0.2) is 0 Å². The van der Waals surface area contributed by atoms with Crippen LogP contribution in [-0.2, 0) is 18.4 Å². The summed E-state index contributed by atoms with van der Waals surface area (Å²) in [5.74, 6) is 2.37. The second-order valence-electron chi connectivity index (χ2n) is 9.47. The van der Waals surface area contributed by atoms with Crippen LogP contribution in [-0.4, -0.2) is 56.7 Å². The summed E-state index contributed by atoms with van der Waals surface area (Å²) in [5, 5.41) is 8.59. The first-order valence-corrected chi connectivity index (χ1v) is 11.0. The van der Waals surface area contributed by atoms with E-state index in [4.69, 9.17) is 0 Å². The third kappa shape index (κ3) is 3.59. The fourth-order valence-corrected chi connectivity index (χ4v) is 5.80. The van der Waals surface area contributed by atoms with E-state index in [0.29, 0.717) is 17.7 Å². The molecule has 1 aliphatic carbocycles. The van der Waals surface area contributed by atoms with Crippen LogP contribution in [0.25, 0.3) is 0 Å². The molecule has 1 amide bonds. The number of carbonyl (C=O) groups excluding carboxylic acids is 1. The highest BCUT2D eigenvalue weighted by Gasteiger charge is 2.56. The number of likely N-dealkylation sites (tertiary alicyclic amines) is 2. The maximum atomic E-state index is 12.8. The van der Waals surface area contributed by atoms with Crippen molar-refractivity contribution >= 4 is 5.91 Å². The molecule has 0 N–H and O–H groups in total. The van der Waals surface area contributed by atoms with Crippen molar-refractivity contribution in [3.05, 3.63) is 48.0 Å². The molecule has 1 atom stereocenters. The summed E-state index contributed by atoms with van der Waals surface area (Å²) in [5.41, 5.74) is 1.45. The molecule has 3 aliphatic rings. The molecule has 1 spiro atoms. The number of carbonyl (C=O) groups is 1. The molecule has 6 heteroatoms. The Balaban J connectivity index is 1.30. The zero-order valence-corrected chi connectivity index (χ0v) is 17.3. The Morgan fingerprint density at radius 3 is 2.59 bits per heavy atom. The Kier molecular flexibility index (Phi) is 4.90. The predicted octanol–water partition coefficient (Wildman–Crippen LogP) is 2.82. The molecule has 0 bridgehead atoms. The quantitative estimate of drug-likeness (QED) is 0.784. The first-order valence-electron chi connectivity index (χ1n) is 11.0. The van der Waals surface area contributed by atoms with Gasteiger partial charge in [-0.3, -0.25) is 9.69 Å². The fraction of sp³-hybridized carbons (Fsp3) is 0.609. The normalized spacial score (nSPS) is 24.3. The van der Waals surface area contributed by atoms with Crippen LogP contribution in [0.5, 0.6) is 0 Å². The summed E-state index contributed by atoms with van der Waals surface area (Å²) in [6.07, 6.45) is 7.60. The molecule has 2 saturated heterocycles. The van der Waals surface area contributed by atoms with Crippen LogP contribution in [0.15, 0.2) is 36.7 Å². The first-order chi connectivity index (χ1) is 14.1. The van der Waals surface area contributed by atoms with Crippen molar-refractivity contribution in [1.82, 2.24) is 24.6 Å². The largest absolute Gasteiger partial charge is 0.341 e. The van der Waals surface area contributed by atoms with E-state index in [9.17, 15) is 4.79 Å². The highest BCUT2D eigenvalue weighted by atomic mass is 16.2. The highest BCUT2D eigenvalue weighted by Crippen LogP contribution is 2.49. The molecule has 1 unspecified atom stereocenters. The fourth-order valence-electron chi connectivity index (χ4n) is 5.80. The molecule has 1 aromatic heterocycles. The second kappa shape index (κ2) is 7.56.